The quantitative estimate of drug-likeness (QED) is 0.699. The molecule has 0 aromatic heterocycles. The van der Waals surface area contributed by atoms with Crippen LogP contribution in [0.4, 0.5) is 0 Å². The van der Waals surface area contributed by atoms with E-state index in [4.69, 9.17) is 0 Å². The Hall–Kier alpha value is -1.51. The fourth-order valence-electron chi connectivity index (χ4n) is 1.83. The van der Waals surface area contributed by atoms with E-state index in [0.29, 0.717) is 0 Å². The Morgan fingerprint density at radius 3 is 2.24 bits per heavy atom. The maximum Gasteiger partial charge on any atom is 0.186 e. The average Bonchev–Trinajstić information content (AvgIpc) is 2.22. The van der Waals surface area contributed by atoms with Crippen molar-refractivity contribution in [1.29, 1.82) is 0 Å². The van der Waals surface area contributed by atoms with Gasteiger partial charge < -0.3 is 9.80 Å². The third kappa shape index (κ3) is 4.47. The molecular weight excluding hydrogens is 212 g/mol. The van der Waals surface area contributed by atoms with Crippen molar-refractivity contribution in [3.05, 3.63) is 35.7 Å². The van der Waals surface area contributed by atoms with Gasteiger partial charge in [0.05, 0.1) is 0 Å². The lowest BCUT2D eigenvalue weighted by Crippen LogP contribution is -2.15. The van der Waals surface area contributed by atoms with Gasteiger partial charge in [0.1, 0.15) is 0 Å². The van der Waals surface area contributed by atoms with Crippen LogP contribution in [0.1, 0.15) is 19.3 Å². The molecule has 94 valence electrons. The number of ketones is 1. The van der Waals surface area contributed by atoms with Gasteiger partial charge in [-0.25, -0.2) is 0 Å². The maximum absolute atomic E-state index is 12.1. The van der Waals surface area contributed by atoms with Crippen molar-refractivity contribution < 1.29 is 4.79 Å². The van der Waals surface area contributed by atoms with E-state index >= 15 is 0 Å². The summed E-state index contributed by atoms with van der Waals surface area (Å²) in [6.45, 7) is 0. The molecule has 0 N–H and O–H groups in total. The molecule has 0 heterocycles. The molecule has 1 fully saturated rings. The second kappa shape index (κ2) is 6.28. The minimum atomic E-state index is 0.202. The zero-order valence-electron chi connectivity index (χ0n) is 11.2. The first kappa shape index (κ1) is 13.6. The van der Waals surface area contributed by atoms with Crippen molar-refractivity contribution in [2.24, 2.45) is 0 Å². The van der Waals surface area contributed by atoms with Crippen LogP contribution in [-0.2, 0) is 4.79 Å². The summed E-state index contributed by atoms with van der Waals surface area (Å²) in [5.74, 6) is 0.202. The zero-order chi connectivity index (χ0) is 12.8. The predicted octanol–water partition coefficient (Wildman–Crippen LogP) is 2.19. The van der Waals surface area contributed by atoms with Gasteiger partial charge >= 0.3 is 0 Å². The molecule has 0 aliphatic heterocycles. The van der Waals surface area contributed by atoms with Crippen LogP contribution in [0.5, 0.6) is 0 Å². The Labute approximate surface area is 104 Å². The van der Waals surface area contributed by atoms with Gasteiger partial charge in [-0.05, 0) is 37.1 Å². The van der Waals surface area contributed by atoms with Gasteiger partial charge in [-0.15, -0.1) is 0 Å². The van der Waals surface area contributed by atoms with E-state index in [-0.39, 0.29) is 5.78 Å². The molecule has 1 aliphatic carbocycles. The number of carbonyl (C=O) groups excluding carboxylic acids is 1. The number of rotatable bonds is 3. The molecule has 0 aromatic carbocycles. The van der Waals surface area contributed by atoms with Gasteiger partial charge in [0.2, 0.25) is 0 Å². The molecule has 0 atom stereocenters. The van der Waals surface area contributed by atoms with E-state index in [1.165, 1.54) is 0 Å². The highest BCUT2D eigenvalue weighted by atomic mass is 16.1. The Bertz CT molecular complexity index is 362. The molecule has 0 saturated heterocycles. The van der Waals surface area contributed by atoms with Gasteiger partial charge in [-0.3, -0.25) is 4.79 Å². The minimum Gasteiger partial charge on any atom is -0.383 e. The minimum absolute atomic E-state index is 0.202. The molecule has 3 heteroatoms. The SMILES string of the molecule is CN(C)C=CC=C1CCCC(=CN(C)C)C1=O. The summed E-state index contributed by atoms with van der Waals surface area (Å²) >= 11 is 0. The van der Waals surface area contributed by atoms with Crippen LogP contribution in [0.3, 0.4) is 0 Å². The Balaban J connectivity index is 2.78. The van der Waals surface area contributed by atoms with Crippen molar-refractivity contribution in [2.75, 3.05) is 28.2 Å². The lowest BCUT2D eigenvalue weighted by molar-refractivity contribution is -0.113. The summed E-state index contributed by atoms with van der Waals surface area (Å²) in [4.78, 5) is 16.0. The molecule has 1 rings (SSSR count). The first-order valence-electron chi connectivity index (χ1n) is 5.96. The van der Waals surface area contributed by atoms with E-state index in [1.807, 2.05) is 62.5 Å². The Morgan fingerprint density at radius 2 is 1.65 bits per heavy atom. The summed E-state index contributed by atoms with van der Waals surface area (Å²) in [6, 6.07) is 0. The van der Waals surface area contributed by atoms with Crippen molar-refractivity contribution in [1.82, 2.24) is 9.80 Å². The van der Waals surface area contributed by atoms with Gasteiger partial charge in [-0.2, -0.15) is 0 Å². The van der Waals surface area contributed by atoms with Crippen molar-refractivity contribution in [2.45, 2.75) is 19.3 Å². The van der Waals surface area contributed by atoms with E-state index in [0.717, 1.165) is 30.4 Å². The number of carbonyl (C=O) groups is 1. The summed E-state index contributed by atoms with van der Waals surface area (Å²) in [6.07, 6.45) is 10.6. The number of hydrogen-bond acceptors (Lipinski definition) is 3. The molecule has 0 bridgehead atoms. The molecule has 1 saturated carbocycles. The van der Waals surface area contributed by atoms with Crippen LogP contribution in [0.25, 0.3) is 0 Å². The van der Waals surface area contributed by atoms with E-state index in [2.05, 4.69) is 0 Å². The maximum atomic E-state index is 12.1. The van der Waals surface area contributed by atoms with Gasteiger partial charge in [0.25, 0.3) is 0 Å². The zero-order valence-corrected chi connectivity index (χ0v) is 11.2. The van der Waals surface area contributed by atoms with Crippen LogP contribution in [-0.4, -0.2) is 43.8 Å². The van der Waals surface area contributed by atoms with E-state index in [1.54, 1.807) is 0 Å². The third-order valence-corrected chi connectivity index (χ3v) is 2.57. The molecular formula is C14H22N2O. The largest absolute Gasteiger partial charge is 0.383 e. The topological polar surface area (TPSA) is 23.6 Å². The van der Waals surface area contributed by atoms with Crippen LogP contribution < -0.4 is 0 Å². The molecule has 0 amide bonds. The first-order chi connectivity index (χ1) is 8.00. The van der Waals surface area contributed by atoms with Crippen molar-refractivity contribution in [3.63, 3.8) is 0 Å². The summed E-state index contributed by atoms with van der Waals surface area (Å²) in [5, 5.41) is 0. The summed E-state index contributed by atoms with van der Waals surface area (Å²) in [5.41, 5.74) is 1.84. The van der Waals surface area contributed by atoms with Crippen LogP contribution >= 0.6 is 0 Å². The van der Waals surface area contributed by atoms with Gasteiger partial charge in [0.15, 0.2) is 5.78 Å². The molecule has 0 unspecified atom stereocenters. The van der Waals surface area contributed by atoms with Crippen LogP contribution in [0.15, 0.2) is 35.7 Å². The van der Waals surface area contributed by atoms with E-state index in [9.17, 15) is 4.79 Å². The number of nitrogens with zero attached hydrogens (tertiary/aromatic N) is 2. The monoisotopic (exact) mass is 234 g/mol. The summed E-state index contributed by atoms with van der Waals surface area (Å²) in [7, 11) is 7.83. The van der Waals surface area contributed by atoms with Gasteiger partial charge in [0, 0.05) is 40.0 Å². The highest BCUT2D eigenvalue weighted by molar-refractivity contribution is 6.09. The average molecular weight is 234 g/mol. The smallest absolute Gasteiger partial charge is 0.186 e. The molecule has 17 heavy (non-hydrogen) atoms. The predicted molar refractivity (Wildman–Crippen MR) is 71.5 cm³/mol. The second-order valence-corrected chi connectivity index (χ2v) is 4.80. The van der Waals surface area contributed by atoms with Crippen molar-refractivity contribution in [3.8, 4) is 0 Å². The highest BCUT2D eigenvalue weighted by Crippen LogP contribution is 2.24. The van der Waals surface area contributed by atoms with Gasteiger partial charge in [-0.1, -0.05) is 6.08 Å². The first-order valence-corrected chi connectivity index (χ1v) is 5.96. The molecule has 0 radical (unpaired) electrons. The fraction of sp³-hybridized carbons (Fsp3) is 0.500. The fourth-order valence-corrected chi connectivity index (χ4v) is 1.83. The second-order valence-electron chi connectivity index (χ2n) is 4.80. The van der Waals surface area contributed by atoms with Crippen molar-refractivity contribution >= 4 is 5.78 Å². The number of hydrogen-bond donors (Lipinski definition) is 0. The highest BCUT2D eigenvalue weighted by Gasteiger charge is 2.19. The van der Waals surface area contributed by atoms with Crippen LogP contribution in [0.2, 0.25) is 0 Å². The molecule has 3 nitrogen and oxygen atoms in total. The van der Waals surface area contributed by atoms with E-state index < -0.39 is 0 Å². The Morgan fingerprint density at radius 1 is 1.00 bits per heavy atom. The lowest BCUT2D eigenvalue weighted by Gasteiger charge is -2.18. The third-order valence-electron chi connectivity index (χ3n) is 2.57. The Kier molecular flexibility index (Phi) is 5.01. The number of Topliss-reactive ketones (excluding diaryl/α,β-unsaturated/α-hetero) is 1. The lowest BCUT2D eigenvalue weighted by atomic mass is 9.89. The molecule has 0 spiro atoms. The molecule has 1 aliphatic rings. The standard InChI is InChI=1S/C14H22N2O/c1-15(2)10-6-9-12-7-5-8-13(14(12)17)11-16(3)4/h6,9-11H,5,7-8H2,1-4H3. The van der Waals surface area contributed by atoms with Crippen LogP contribution in [0, 0.1) is 0 Å². The number of allylic oxidation sites excluding steroid dienone is 4. The summed E-state index contributed by atoms with van der Waals surface area (Å²) < 4.78 is 0. The normalized spacial score (nSPS) is 21.5. The molecule has 0 aromatic rings.